The van der Waals surface area contributed by atoms with Gasteiger partial charge in [0.05, 0.1) is 15.6 Å². The lowest BCUT2D eigenvalue weighted by atomic mass is 9.75. The lowest BCUT2D eigenvalue weighted by Crippen LogP contribution is -2.42. The maximum Gasteiger partial charge on any atom is 0.0741 e. The van der Waals surface area contributed by atoms with Crippen LogP contribution in [-0.4, -0.2) is 0 Å². The Hall–Kier alpha value is -1.28. The van der Waals surface area contributed by atoms with Gasteiger partial charge in [-0.2, -0.15) is 0 Å². The minimum atomic E-state index is -0.569. The Balaban J connectivity index is 2.28. The average Bonchev–Trinajstić information content (AvgIpc) is 2.84. The minimum absolute atomic E-state index is 0.232. The predicted octanol–water partition coefficient (Wildman–Crippen LogP) is 6.81. The molecular weight excluding hydrogens is 349 g/mol. The van der Waals surface area contributed by atoms with Crippen molar-refractivity contribution < 1.29 is 0 Å². The highest BCUT2D eigenvalue weighted by atomic mass is 35.5. The molecule has 1 aliphatic carbocycles. The maximum atomic E-state index is 7.16. The smallest absolute Gasteiger partial charge is 0.0741 e. The van der Waals surface area contributed by atoms with E-state index in [-0.39, 0.29) is 5.92 Å². The van der Waals surface area contributed by atoms with E-state index in [4.69, 9.17) is 28.9 Å². The summed E-state index contributed by atoms with van der Waals surface area (Å²) in [6.07, 6.45) is 6.61. The van der Waals surface area contributed by atoms with E-state index in [0.29, 0.717) is 10.0 Å². The van der Waals surface area contributed by atoms with Crippen molar-refractivity contribution in [2.75, 3.05) is 0 Å². The van der Waals surface area contributed by atoms with Crippen molar-refractivity contribution in [3.05, 3.63) is 75.3 Å². The summed E-state index contributed by atoms with van der Waals surface area (Å²) in [6.45, 7) is 4.41. The van der Waals surface area contributed by atoms with Crippen LogP contribution in [0.15, 0.2) is 48.5 Å². The van der Waals surface area contributed by atoms with E-state index in [9.17, 15) is 0 Å². The number of rotatable bonds is 5. The Morgan fingerprint density at radius 1 is 1.04 bits per heavy atom. The van der Waals surface area contributed by atoms with Gasteiger partial charge in [-0.15, -0.1) is 0 Å². The van der Waals surface area contributed by atoms with Crippen LogP contribution in [0.25, 0.3) is 5.57 Å². The number of unbranched alkanes of at least 4 members (excludes halogenated alkanes) is 1. The van der Waals surface area contributed by atoms with Gasteiger partial charge in [0.1, 0.15) is 0 Å². The molecule has 1 nitrogen and oxygen atoms in total. The molecule has 0 spiro atoms. The molecule has 0 bridgehead atoms. The van der Waals surface area contributed by atoms with Crippen molar-refractivity contribution in [3.8, 4) is 0 Å². The molecule has 0 saturated heterocycles. The second-order valence-electron chi connectivity index (χ2n) is 6.84. The highest BCUT2D eigenvalue weighted by molar-refractivity contribution is 6.42. The Bertz CT molecular complexity index is 782. The van der Waals surface area contributed by atoms with Crippen LogP contribution in [0, 0.1) is 5.92 Å². The summed E-state index contributed by atoms with van der Waals surface area (Å²) in [4.78, 5) is 0. The number of hydrogen-bond acceptors (Lipinski definition) is 1. The molecule has 2 aromatic carbocycles. The van der Waals surface area contributed by atoms with Crippen molar-refractivity contribution in [3.63, 3.8) is 0 Å². The first-order chi connectivity index (χ1) is 12.0. The van der Waals surface area contributed by atoms with Gasteiger partial charge in [-0.25, -0.2) is 0 Å². The van der Waals surface area contributed by atoms with Crippen LogP contribution in [0.4, 0.5) is 0 Å². The van der Waals surface area contributed by atoms with E-state index >= 15 is 0 Å². The van der Waals surface area contributed by atoms with E-state index in [1.54, 1.807) is 0 Å². The number of allylic oxidation sites excluding steroid dienone is 1. The number of benzene rings is 2. The topological polar surface area (TPSA) is 26.0 Å². The number of hydrogen-bond donors (Lipinski definition) is 1. The summed E-state index contributed by atoms with van der Waals surface area (Å²) in [5.74, 6) is 0.232. The predicted molar refractivity (Wildman–Crippen MR) is 109 cm³/mol. The van der Waals surface area contributed by atoms with Crippen LogP contribution in [0.3, 0.4) is 0 Å². The fraction of sp³-hybridized carbons (Fsp3) is 0.364. The summed E-state index contributed by atoms with van der Waals surface area (Å²) in [5.41, 5.74) is 11.3. The van der Waals surface area contributed by atoms with Gasteiger partial charge in [0.15, 0.2) is 0 Å². The fourth-order valence-corrected chi connectivity index (χ4v) is 4.37. The van der Waals surface area contributed by atoms with Crippen molar-refractivity contribution in [1.82, 2.24) is 0 Å². The first kappa shape index (κ1) is 18.5. The van der Waals surface area contributed by atoms with Gasteiger partial charge in [0, 0.05) is 5.92 Å². The SMILES string of the molecule is CCC/C=C1/c2cc(Cl)c(Cl)cc2[C@@](N)(c2ccccc2)[C@@H]1CCC. The van der Waals surface area contributed by atoms with Gasteiger partial charge in [0.2, 0.25) is 0 Å². The second-order valence-corrected chi connectivity index (χ2v) is 7.65. The van der Waals surface area contributed by atoms with E-state index in [0.717, 1.165) is 42.4 Å². The zero-order valence-corrected chi connectivity index (χ0v) is 16.4. The zero-order valence-electron chi connectivity index (χ0n) is 14.9. The monoisotopic (exact) mass is 373 g/mol. The molecule has 2 N–H and O–H groups in total. The molecule has 0 heterocycles. The quantitative estimate of drug-likeness (QED) is 0.611. The molecule has 0 fully saturated rings. The standard InChI is InChI=1S/C22H25Cl2N/c1-3-5-12-16-17-13-20(23)21(24)14-19(17)22(25,18(16)9-4-2)15-10-7-6-8-11-15/h6-8,10-14,18H,3-5,9,25H2,1-2H3/b16-12-/t18-,22-/m1/s1. The normalized spacial score (nSPS) is 23.9. The Labute approximate surface area is 160 Å². The molecule has 0 amide bonds. The summed E-state index contributed by atoms with van der Waals surface area (Å²) in [7, 11) is 0. The van der Waals surface area contributed by atoms with E-state index in [1.165, 1.54) is 5.57 Å². The molecule has 2 aromatic rings. The van der Waals surface area contributed by atoms with E-state index in [1.807, 2.05) is 18.2 Å². The molecule has 1 aliphatic rings. The molecule has 3 heteroatoms. The Morgan fingerprint density at radius 2 is 1.72 bits per heavy atom. The first-order valence-corrected chi connectivity index (χ1v) is 9.83. The van der Waals surface area contributed by atoms with Gasteiger partial charge >= 0.3 is 0 Å². The van der Waals surface area contributed by atoms with Crippen LogP contribution >= 0.6 is 23.2 Å². The lowest BCUT2D eigenvalue weighted by molar-refractivity contribution is 0.398. The maximum absolute atomic E-state index is 7.16. The summed E-state index contributed by atoms with van der Waals surface area (Å²) < 4.78 is 0. The average molecular weight is 374 g/mol. The number of nitrogens with two attached hydrogens (primary N) is 1. The van der Waals surface area contributed by atoms with Crippen LogP contribution in [0.1, 0.15) is 56.2 Å². The second kappa shape index (κ2) is 7.53. The third-order valence-electron chi connectivity index (χ3n) is 5.22. The van der Waals surface area contributed by atoms with Crippen molar-refractivity contribution in [1.29, 1.82) is 0 Å². The highest BCUT2D eigenvalue weighted by Crippen LogP contribution is 2.54. The van der Waals surface area contributed by atoms with Gasteiger partial charge in [-0.1, -0.05) is 86.3 Å². The van der Waals surface area contributed by atoms with Gasteiger partial charge in [0.25, 0.3) is 0 Å². The van der Waals surface area contributed by atoms with Crippen molar-refractivity contribution in [2.45, 2.75) is 45.1 Å². The third-order valence-corrected chi connectivity index (χ3v) is 5.95. The van der Waals surface area contributed by atoms with E-state index < -0.39 is 5.54 Å². The molecule has 2 atom stereocenters. The summed E-state index contributed by atoms with van der Waals surface area (Å²) in [6, 6.07) is 14.4. The lowest BCUT2D eigenvalue weighted by Gasteiger charge is -2.34. The Kier molecular flexibility index (Phi) is 5.58. The molecule has 0 radical (unpaired) electrons. The van der Waals surface area contributed by atoms with Crippen molar-refractivity contribution >= 4 is 28.8 Å². The molecule has 0 unspecified atom stereocenters. The minimum Gasteiger partial charge on any atom is -0.317 e. The van der Waals surface area contributed by atoms with Gasteiger partial charge in [-0.3, -0.25) is 0 Å². The molecule has 0 saturated carbocycles. The first-order valence-electron chi connectivity index (χ1n) is 9.08. The summed E-state index contributed by atoms with van der Waals surface area (Å²) >= 11 is 12.7. The third kappa shape index (κ3) is 3.14. The molecule has 3 rings (SSSR count). The largest absolute Gasteiger partial charge is 0.317 e. The number of fused-ring (bicyclic) bond motifs is 1. The number of halogens is 2. The van der Waals surface area contributed by atoms with E-state index in [2.05, 4.69) is 44.2 Å². The van der Waals surface area contributed by atoms with Crippen LogP contribution in [-0.2, 0) is 5.54 Å². The molecule has 0 aromatic heterocycles. The zero-order chi connectivity index (χ0) is 18.0. The summed E-state index contributed by atoms with van der Waals surface area (Å²) in [5, 5.41) is 1.16. The van der Waals surface area contributed by atoms with Crippen LogP contribution in [0.5, 0.6) is 0 Å². The molecule has 0 aliphatic heterocycles. The van der Waals surface area contributed by atoms with Crippen molar-refractivity contribution in [2.24, 2.45) is 11.7 Å². The highest BCUT2D eigenvalue weighted by Gasteiger charge is 2.47. The molecular formula is C22H25Cl2N. The van der Waals surface area contributed by atoms with Crippen LogP contribution < -0.4 is 5.73 Å². The van der Waals surface area contributed by atoms with Crippen LogP contribution in [0.2, 0.25) is 10.0 Å². The van der Waals surface area contributed by atoms with Gasteiger partial charge in [-0.05, 0) is 47.2 Å². The fourth-order valence-electron chi connectivity index (χ4n) is 4.04. The molecule has 132 valence electrons. The Morgan fingerprint density at radius 3 is 2.36 bits per heavy atom. The molecule has 25 heavy (non-hydrogen) atoms. The van der Waals surface area contributed by atoms with Gasteiger partial charge < -0.3 is 5.73 Å².